The van der Waals surface area contributed by atoms with Gasteiger partial charge in [0.1, 0.15) is 0 Å². The molecule has 138 valence electrons. The Morgan fingerprint density at radius 2 is 1.92 bits per heavy atom. The molecule has 2 aromatic carbocycles. The SMILES string of the molecule is CNS(=O)(=O)c1ccc2c(c1)N(CC(=O)Nc1cc(C)ccc1C)CC2. The molecule has 6 nitrogen and oxygen atoms in total. The number of anilines is 2. The molecule has 2 aromatic rings. The lowest BCUT2D eigenvalue weighted by atomic mass is 10.1. The predicted molar refractivity (Wildman–Crippen MR) is 103 cm³/mol. The van der Waals surface area contributed by atoms with Gasteiger partial charge in [0.2, 0.25) is 15.9 Å². The molecule has 3 rings (SSSR count). The average molecular weight is 373 g/mol. The molecule has 0 fully saturated rings. The van der Waals surface area contributed by atoms with Gasteiger partial charge in [-0.3, -0.25) is 4.79 Å². The number of carbonyl (C=O) groups is 1. The summed E-state index contributed by atoms with van der Waals surface area (Å²) in [4.78, 5) is 14.6. The summed E-state index contributed by atoms with van der Waals surface area (Å²) in [6, 6.07) is 11.0. The van der Waals surface area contributed by atoms with Gasteiger partial charge >= 0.3 is 0 Å². The molecule has 0 radical (unpaired) electrons. The molecule has 1 aliphatic rings. The third kappa shape index (κ3) is 3.73. The Bertz CT molecular complexity index is 954. The van der Waals surface area contributed by atoms with Crippen LogP contribution in [0.3, 0.4) is 0 Å². The van der Waals surface area contributed by atoms with E-state index in [9.17, 15) is 13.2 Å². The smallest absolute Gasteiger partial charge is 0.243 e. The van der Waals surface area contributed by atoms with Crippen molar-refractivity contribution in [2.45, 2.75) is 25.2 Å². The van der Waals surface area contributed by atoms with Crippen molar-refractivity contribution in [2.75, 3.05) is 30.4 Å². The van der Waals surface area contributed by atoms with E-state index in [1.807, 2.05) is 43.0 Å². The highest BCUT2D eigenvalue weighted by molar-refractivity contribution is 7.89. The number of nitrogens with one attached hydrogen (secondary N) is 2. The average Bonchev–Trinajstić information content (AvgIpc) is 3.00. The second kappa shape index (κ2) is 7.09. The van der Waals surface area contributed by atoms with Crippen LogP contribution in [0.15, 0.2) is 41.3 Å². The van der Waals surface area contributed by atoms with E-state index in [1.165, 1.54) is 7.05 Å². The van der Waals surface area contributed by atoms with Crippen LogP contribution in [-0.4, -0.2) is 34.5 Å². The Morgan fingerprint density at radius 3 is 2.65 bits per heavy atom. The van der Waals surface area contributed by atoms with E-state index >= 15 is 0 Å². The van der Waals surface area contributed by atoms with Gasteiger partial charge < -0.3 is 10.2 Å². The van der Waals surface area contributed by atoms with E-state index in [4.69, 9.17) is 0 Å². The number of amides is 1. The minimum atomic E-state index is -3.51. The number of carbonyl (C=O) groups excluding carboxylic acids is 1. The maximum absolute atomic E-state index is 12.5. The summed E-state index contributed by atoms with van der Waals surface area (Å²) in [5, 5.41) is 2.95. The third-order valence-corrected chi connectivity index (χ3v) is 6.04. The molecule has 1 aliphatic heterocycles. The molecule has 1 amide bonds. The Hall–Kier alpha value is -2.38. The molecular formula is C19H23N3O3S. The van der Waals surface area contributed by atoms with Crippen LogP contribution in [0.4, 0.5) is 11.4 Å². The van der Waals surface area contributed by atoms with Gasteiger partial charge in [0.05, 0.1) is 11.4 Å². The van der Waals surface area contributed by atoms with Crippen LogP contribution in [0.2, 0.25) is 0 Å². The van der Waals surface area contributed by atoms with Crippen LogP contribution in [0, 0.1) is 13.8 Å². The van der Waals surface area contributed by atoms with Crippen molar-refractivity contribution in [3.05, 3.63) is 53.1 Å². The lowest BCUT2D eigenvalue weighted by Gasteiger charge is -2.20. The molecule has 0 atom stereocenters. The lowest BCUT2D eigenvalue weighted by Crippen LogP contribution is -2.32. The largest absolute Gasteiger partial charge is 0.362 e. The number of hydrogen-bond acceptors (Lipinski definition) is 4. The second-order valence-corrected chi connectivity index (χ2v) is 8.42. The van der Waals surface area contributed by atoms with E-state index in [0.717, 1.165) is 34.5 Å². The van der Waals surface area contributed by atoms with Crippen LogP contribution in [0.25, 0.3) is 0 Å². The van der Waals surface area contributed by atoms with Crippen molar-refractivity contribution >= 4 is 27.3 Å². The highest BCUT2D eigenvalue weighted by Gasteiger charge is 2.24. The first kappa shape index (κ1) is 18.4. The Kier molecular flexibility index (Phi) is 5.02. The Balaban J connectivity index is 1.78. The first-order chi connectivity index (χ1) is 12.3. The molecule has 0 aromatic heterocycles. The fraction of sp³-hybridized carbons (Fsp3) is 0.316. The number of hydrogen-bond donors (Lipinski definition) is 2. The zero-order chi connectivity index (χ0) is 18.9. The van der Waals surface area contributed by atoms with Crippen LogP contribution >= 0.6 is 0 Å². The number of rotatable bonds is 5. The molecule has 2 N–H and O–H groups in total. The third-order valence-electron chi connectivity index (χ3n) is 4.63. The van der Waals surface area contributed by atoms with E-state index in [-0.39, 0.29) is 17.3 Å². The number of benzene rings is 2. The number of fused-ring (bicyclic) bond motifs is 1. The van der Waals surface area contributed by atoms with E-state index in [1.54, 1.807) is 12.1 Å². The first-order valence-corrected chi connectivity index (χ1v) is 9.97. The summed E-state index contributed by atoms with van der Waals surface area (Å²) >= 11 is 0. The van der Waals surface area contributed by atoms with Gasteiger partial charge in [-0.25, -0.2) is 13.1 Å². The van der Waals surface area contributed by atoms with Crippen molar-refractivity contribution in [1.82, 2.24) is 4.72 Å². The van der Waals surface area contributed by atoms with Crippen molar-refractivity contribution in [3.8, 4) is 0 Å². The summed E-state index contributed by atoms with van der Waals surface area (Å²) in [6.07, 6.45) is 0.798. The van der Waals surface area contributed by atoms with Gasteiger partial charge in [-0.15, -0.1) is 0 Å². The van der Waals surface area contributed by atoms with Gasteiger partial charge in [0.25, 0.3) is 0 Å². The summed E-state index contributed by atoms with van der Waals surface area (Å²) in [5.74, 6) is -0.117. The van der Waals surface area contributed by atoms with Crippen molar-refractivity contribution in [1.29, 1.82) is 0 Å². The lowest BCUT2D eigenvalue weighted by molar-refractivity contribution is -0.115. The second-order valence-electron chi connectivity index (χ2n) is 6.54. The molecule has 26 heavy (non-hydrogen) atoms. The molecule has 0 unspecified atom stereocenters. The van der Waals surface area contributed by atoms with E-state index in [2.05, 4.69) is 10.0 Å². The normalized spacial score (nSPS) is 13.6. The van der Waals surface area contributed by atoms with Gasteiger partial charge in [0, 0.05) is 17.9 Å². The topological polar surface area (TPSA) is 78.5 Å². The Labute approximate surface area is 154 Å². The summed E-state index contributed by atoms with van der Waals surface area (Å²) in [7, 11) is -2.12. The fourth-order valence-corrected chi connectivity index (χ4v) is 3.86. The molecule has 7 heteroatoms. The zero-order valence-corrected chi connectivity index (χ0v) is 16.0. The van der Waals surface area contributed by atoms with Crippen molar-refractivity contribution in [3.63, 3.8) is 0 Å². The summed E-state index contributed by atoms with van der Waals surface area (Å²) < 4.78 is 26.4. The quantitative estimate of drug-likeness (QED) is 0.842. The fourth-order valence-electron chi connectivity index (χ4n) is 3.11. The predicted octanol–water partition coefficient (Wildman–Crippen LogP) is 2.21. The van der Waals surface area contributed by atoms with Gasteiger partial charge in [0.15, 0.2) is 0 Å². The number of nitrogens with zero attached hydrogens (tertiary/aromatic N) is 1. The van der Waals surface area contributed by atoms with Crippen molar-refractivity contribution in [2.24, 2.45) is 0 Å². The standard InChI is InChI=1S/C19H23N3O3S/c1-13-4-5-14(2)17(10-13)21-19(23)12-22-9-8-15-6-7-16(11-18(15)22)26(24,25)20-3/h4-7,10-11,20H,8-9,12H2,1-3H3,(H,21,23). The van der Waals surface area contributed by atoms with Gasteiger partial charge in [-0.1, -0.05) is 18.2 Å². The molecular weight excluding hydrogens is 350 g/mol. The van der Waals surface area contributed by atoms with Crippen LogP contribution in [-0.2, 0) is 21.2 Å². The monoisotopic (exact) mass is 373 g/mol. The Morgan fingerprint density at radius 1 is 1.15 bits per heavy atom. The van der Waals surface area contributed by atoms with E-state index in [0.29, 0.717) is 6.54 Å². The molecule has 0 saturated carbocycles. The van der Waals surface area contributed by atoms with Crippen molar-refractivity contribution < 1.29 is 13.2 Å². The van der Waals surface area contributed by atoms with Crippen LogP contribution in [0.5, 0.6) is 0 Å². The first-order valence-electron chi connectivity index (χ1n) is 8.48. The van der Waals surface area contributed by atoms with Gasteiger partial charge in [-0.2, -0.15) is 0 Å². The number of sulfonamides is 1. The molecule has 0 bridgehead atoms. The highest BCUT2D eigenvalue weighted by Crippen LogP contribution is 2.30. The molecule has 0 saturated heterocycles. The summed E-state index contributed by atoms with van der Waals surface area (Å²) in [6.45, 7) is 4.81. The maximum Gasteiger partial charge on any atom is 0.243 e. The zero-order valence-electron chi connectivity index (χ0n) is 15.2. The maximum atomic E-state index is 12.5. The van der Waals surface area contributed by atoms with E-state index < -0.39 is 10.0 Å². The van der Waals surface area contributed by atoms with Crippen LogP contribution < -0.4 is 14.9 Å². The minimum Gasteiger partial charge on any atom is -0.362 e. The number of aryl methyl sites for hydroxylation is 2. The summed E-state index contributed by atoms with van der Waals surface area (Å²) in [5.41, 5.74) is 4.76. The van der Waals surface area contributed by atoms with Gasteiger partial charge in [-0.05, 0) is 62.2 Å². The molecule has 0 spiro atoms. The highest BCUT2D eigenvalue weighted by atomic mass is 32.2. The molecule has 0 aliphatic carbocycles. The minimum absolute atomic E-state index is 0.117. The molecule has 1 heterocycles. The van der Waals surface area contributed by atoms with Crippen LogP contribution in [0.1, 0.15) is 16.7 Å².